The van der Waals surface area contributed by atoms with Gasteiger partial charge in [-0.15, -0.1) is 0 Å². The molecule has 3 rings (SSSR count). The summed E-state index contributed by atoms with van der Waals surface area (Å²) < 4.78 is 38.6. The second-order valence-electron chi connectivity index (χ2n) is 7.41. The van der Waals surface area contributed by atoms with Gasteiger partial charge in [-0.2, -0.15) is 0 Å². The van der Waals surface area contributed by atoms with E-state index in [-0.39, 0.29) is 22.9 Å². The number of hydrogen-bond donors (Lipinski definition) is 0. The molecule has 0 bridgehead atoms. The van der Waals surface area contributed by atoms with Crippen molar-refractivity contribution in [3.8, 4) is 5.75 Å². The molecule has 0 unspecified atom stereocenters. The number of sulfonamides is 1. The molecule has 2 fully saturated rings. The van der Waals surface area contributed by atoms with E-state index in [0.717, 1.165) is 18.6 Å². The lowest BCUT2D eigenvalue weighted by molar-refractivity contribution is -0.0655. The predicted molar refractivity (Wildman–Crippen MR) is 93.6 cm³/mol. The molecule has 0 N–H and O–H groups in total. The van der Waals surface area contributed by atoms with Gasteiger partial charge in [0, 0.05) is 19.0 Å². The first-order valence-electron chi connectivity index (χ1n) is 8.65. The Balaban J connectivity index is 1.62. The molecule has 6 heteroatoms. The maximum Gasteiger partial charge on any atom is 0.216 e. The molecule has 24 heavy (non-hydrogen) atoms. The van der Waals surface area contributed by atoms with Crippen molar-refractivity contribution in [1.29, 1.82) is 0 Å². The van der Waals surface area contributed by atoms with Crippen LogP contribution in [0.15, 0.2) is 30.3 Å². The molecule has 1 aromatic rings. The van der Waals surface area contributed by atoms with Gasteiger partial charge in [-0.1, -0.05) is 18.2 Å². The van der Waals surface area contributed by atoms with Crippen LogP contribution < -0.4 is 4.74 Å². The number of nitrogens with zero attached hydrogens (tertiary/aromatic N) is 1. The van der Waals surface area contributed by atoms with Gasteiger partial charge in [-0.3, -0.25) is 0 Å². The van der Waals surface area contributed by atoms with E-state index in [9.17, 15) is 8.42 Å². The highest BCUT2D eigenvalue weighted by Crippen LogP contribution is 2.40. The van der Waals surface area contributed by atoms with Gasteiger partial charge in [-0.05, 0) is 45.7 Å². The van der Waals surface area contributed by atoms with Gasteiger partial charge >= 0.3 is 0 Å². The second-order valence-corrected chi connectivity index (χ2v) is 9.90. The number of ether oxygens (including phenoxy) is 2. The van der Waals surface area contributed by atoms with E-state index in [1.54, 1.807) is 18.2 Å². The highest BCUT2D eigenvalue weighted by molar-refractivity contribution is 7.89. The minimum absolute atomic E-state index is 0.132. The molecule has 3 atom stereocenters. The summed E-state index contributed by atoms with van der Waals surface area (Å²) in [7, 11) is -3.18. The van der Waals surface area contributed by atoms with Crippen LogP contribution in [0, 0.1) is 5.92 Å². The van der Waals surface area contributed by atoms with Crippen LogP contribution in [0.2, 0.25) is 0 Å². The van der Waals surface area contributed by atoms with Gasteiger partial charge < -0.3 is 9.47 Å². The van der Waals surface area contributed by atoms with Crippen molar-refractivity contribution in [1.82, 2.24) is 4.31 Å². The Labute approximate surface area is 145 Å². The maximum atomic E-state index is 12.4. The number of benzene rings is 1. The average molecular weight is 353 g/mol. The lowest BCUT2D eigenvalue weighted by Gasteiger charge is -2.34. The van der Waals surface area contributed by atoms with Crippen molar-refractivity contribution in [2.45, 2.75) is 50.6 Å². The zero-order chi connectivity index (χ0) is 17.4. The van der Waals surface area contributed by atoms with Crippen LogP contribution in [0.5, 0.6) is 5.75 Å². The molecule has 0 saturated carbocycles. The van der Waals surface area contributed by atoms with Gasteiger partial charge in [0.15, 0.2) is 0 Å². The lowest BCUT2D eigenvalue weighted by atomic mass is 9.90. The van der Waals surface area contributed by atoms with Gasteiger partial charge in [-0.25, -0.2) is 12.7 Å². The fourth-order valence-electron chi connectivity index (χ4n) is 3.67. The van der Waals surface area contributed by atoms with Gasteiger partial charge in [0.1, 0.15) is 18.0 Å². The van der Waals surface area contributed by atoms with Crippen LogP contribution in [0.4, 0.5) is 0 Å². The largest absolute Gasteiger partial charge is 0.491 e. The summed E-state index contributed by atoms with van der Waals surface area (Å²) in [6, 6.07) is 9.72. The minimum atomic E-state index is -3.18. The number of rotatable bonds is 5. The van der Waals surface area contributed by atoms with Crippen LogP contribution >= 0.6 is 0 Å². The van der Waals surface area contributed by atoms with Crippen molar-refractivity contribution < 1.29 is 17.9 Å². The Morgan fingerprint density at radius 1 is 1.33 bits per heavy atom. The Kier molecular flexibility index (Phi) is 4.91. The smallest absolute Gasteiger partial charge is 0.216 e. The SMILES string of the molecule is CC(C)S(=O)(=O)N1CC[C@@H]2O[C@@](C)(COc3ccccc3)C[C@@H]2C1. The molecule has 1 aromatic carbocycles. The number of hydrogen-bond acceptors (Lipinski definition) is 4. The topological polar surface area (TPSA) is 55.8 Å². The highest BCUT2D eigenvalue weighted by Gasteiger charge is 2.48. The van der Waals surface area contributed by atoms with Crippen LogP contribution in [0.1, 0.15) is 33.6 Å². The lowest BCUT2D eigenvalue weighted by Crippen LogP contribution is -2.46. The van der Waals surface area contributed by atoms with E-state index in [1.165, 1.54) is 0 Å². The molecule has 0 aromatic heterocycles. The third-order valence-electron chi connectivity index (χ3n) is 5.00. The molecule has 2 saturated heterocycles. The van der Waals surface area contributed by atoms with E-state index >= 15 is 0 Å². The van der Waals surface area contributed by atoms with Gasteiger partial charge in [0.05, 0.1) is 11.4 Å². The predicted octanol–water partition coefficient (Wildman–Crippen LogP) is 2.67. The molecule has 2 aliphatic rings. The quantitative estimate of drug-likeness (QED) is 0.817. The zero-order valence-electron chi connectivity index (χ0n) is 14.6. The van der Waals surface area contributed by atoms with Crippen LogP contribution in [0.25, 0.3) is 0 Å². The minimum Gasteiger partial charge on any atom is -0.491 e. The van der Waals surface area contributed by atoms with Crippen molar-refractivity contribution in [2.75, 3.05) is 19.7 Å². The van der Waals surface area contributed by atoms with Crippen LogP contribution in [0.3, 0.4) is 0 Å². The van der Waals surface area contributed by atoms with Gasteiger partial charge in [0.2, 0.25) is 10.0 Å². The first-order chi connectivity index (χ1) is 11.3. The van der Waals surface area contributed by atoms with Crippen molar-refractivity contribution in [3.63, 3.8) is 0 Å². The third-order valence-corrected chi connectivity index (χ3v) is 7.24. The Morgan fingerprint density at radius 3 is 2.71 bits per heavy atom. The first kappa shape index (κ1) is 17.7. The molecular formula is C18H27NO4S. The van der Waals surface area contributed by atoms with Crippen molar-refractivity contribution in [2.24, 2.45) is 5.92 Å². The molecule has 0 spiro atoms. The third kappa shape index (κ3) is 3.60. The van der Waals surface area contributed by atoms with Gasteiger partial charge in [0.25, 0.3) is 0 Å². The zero-order valence-corrected chi connectivity index (χ0v) is 15.5. The number of fused-ring (bicyclic) bond motifs is 1. The summed E-state index contributed by atoms with van der Waals surface area (Å²) >= 11 is 0. The van der Waals surface area contributed by atoms with Crippen molar-refractivity contribution in [3.05, 3.63) is 30.3 Å². The van der Waals surface area contributed by atoms with E-state index in [1.807, 2.05) is 30.3 Å². The maximum absolute atomic E-state index is 12.4. The van der Waals surface area contributed by atoms with E-state index < -0.39 is 10.0 Å². The standard InChI is InChI=1S/C18H27NO4S/c1-14(2)24(20,21)19-10-9-17-15(12-19)11-18(3,23-17)13-22-16-7-5-4-6-8-16/h4-8,14-15,17H,9-13H2,1-3H3/t15-,17+,18-/m1/s1. The summed E-state index contributed by atoms with van der Waals surface area (Å²) in [5.74, 6) is 1.08. The molecule has 0 amide bonds. The number of piperidine rings is 1. The second kappa shape index (κ2) is 6.65. The fourth-order valence-corrected chi connectivity index (χ4v) is 5.03. The average Bonchev–Trinajstić information content (AvgIpc) is 2.89. The normalized spacial score (nSPS) is 31.2. The summed E-state index contributed by atoms with van der Waals surface area (Å²) in [6.45, 7) is 7.15. The van der Waals surface area contributed by atoms with E-state index in [0.29, 0.717) is 19.7 Å². The number of para-hydroxylation sites is 1. The molecule has 134 valence electrons. The summed E-state index contributed by atoms with van der Waals surface area (Å²) in [4.78, 5) is 0. The first-order valence-corrected chi connectivity index (χ1v) is 10.2. The molecule has 5 nitrogen and oxygen atoms in total. The molecular weight excluding hydrogens is 326 g/mol. The Bertz CT molecular complexity index is 661. The van der Waals surface area contributed by atoms with Crippen molar-refractivity contribution >= 4 is 10.0 Å². The Morgan fingerprint density at radius 2 is 2.04 bits per heavy atom. The molecule has 2 heterocycles. The summed E-state index contributed by atoms with van der Waals surface area (Å²) in [6.07, 6.45) is 1.72. The summed E-state index contributed by atoms with van der Waals surface area (Å²) in [5.41, 5.74) is -0.358. The fraction of sp³-hybridized carbons (Fsp3) is 0.667. The molecule has 2 aliphatic heterocycles. The Hall–Kier alpha value is -1.11. The summed E-state index contributed by atoms with van der Waals surface area (Å²) in [5, 5.41) is -0.371. The molecule has 0 radical (unpaired) electrons. The molecule has 0 aliphatic carbocycles. The van der Waals surface area contributed by atoms with E-state index in [2.05, 4.69) is 6.92 Å². The highest BCUT2D eigenvalue weighted by atomic mass is 32.2. The van der Waals surface area contributed by atoms with E-state index in [4.69, 9.17) is 9.47 Å². The monoisotopic (exact) mass is 353 g/mol. The van der Waals surface area contributed by atoms with Crippen LogP contribution in [-0.4, -0.2) is 49.4 Å². The van der Waals surface area contributed by atoms with Crippen LogP contribution in [-0.2, 0) is 14.8 Å².